The van der Waals surface area contributed by atoms with Gasteiger partial charge in [-0.05, 0) is 18.2 Å². The number of fused-ring (bicyclic) bond motifs is 1. The van der Waals surface area contributed by atoms with Crippen molar-refractivity contribution in [3.63, 3.8) is 0 Å². The standard InChI is InChI=1S/C8H5BrClNS/c9-4-6-3-5-1-2-7(10)11-8(5)12-6/h1-3H,4H2. The Morgan fingerprint density at radius 2 is 2.33 bits per heavy atom. The van der Waals surface area contributed by atoms with E-state index in [-0.39, 0.29) is 0 Å². The molecular formula is C8H5BrClNS. The van der Waals surface area contributed by atoms with Gasteiger partial charge < -0.3 is 0 Å². The molecule has 0 fully saturated rings. The molecule has 4 heteroatoms. The van der Waals surface area contributed by atoms with Gasteiger partial charge in [-0.1, -0.05) is 27.5 Å². The first-order valence-electron chi connectivity index (χ1n) is 3.40. The molecule has 0 saturated carbocycles. The summed E-state index contributed by atoms with van der Waals surface area (Å²) in [7, 11) is 0. The van der Waals surface area contributed by atoms with Crippen molar-refractivity contribution in [3.05, 3.63) is 28.2 Å². The predicted molar refractivity (Wildman–Crippen MR) is 57.3 cm³/mol. The molecule has 0 spiro atoms. The minimum Gasteiger partial charge on any atom is -0.225 e. The van der Waals surface area contributed by atoms with Crippen LogP contribution in [-0.4, -0.2) is 4.98 Å². The van der Waals surface area contributed by atoms with Crippen molar-refractivity contribution in [2.45, 2.75) is 5.33 Å². The Balaban J connectivity index is 2.67. The molecule has 62 valence electrons. The van der Waals surface area contributed by atoms with Gasteiger partial charge in [0, 0.05) is 15.6 Å². The highest BCUT2D eigenvalue weighted by molar-refractivity contribution is 9.08. The molecule has 0 amide bonds. The van der Waals surface area contributed by atoms with E-state index in [1.807, 2.05) is 12.1 Å². The summed E-state index contributed by atoms with van der Waals surface area (Å²) in [6, 6.07) is 5.93. The lowest BCUT2D eigenvalue weighted by atomic mass is 10.3. The second-order valence-corrected chi connectivity index (χ2v) is 4.44. The van der Waals surface area contributed by atoms with Crippen LogP contribution < -0.4 is 0 Å². The molecule has 0 N–H and O–H groups in total. The molecular weight excluding hydrogens is 258 g/mol. The fraction of sp³-hybridized carbons (Fsp3) is 0.125. The summed E-state index contributed by atoms with van der Waals surface area (Å²) in [6.07, 6.45) is 0. The number of alkyl halides is 1. The predicted octanol–water partition coefficient (Wildman–Crippen LogP) is 3.84. The number of pyridine rings is 1. The maximum atomic E-state index is 5.75. The molecule has 2 aromatic heterocycles. The summed E-state index contributed by atoms with van der Waals surface area (Å²) < 4.78 is 0. The summed E-state index contributed by atoms with van der Waals surface area (Å²) >= 11 is 10.8. The first-order chi connectivity index (χ1) is 5.79. The number of halogens is 2. The van der Waals surface area contributed by atoms with Gasteiger partial charge >= 0.3 is 0 Å². The van der Waals surface area contributed by atoms with Gasteiger partial charge in [0.15, 0.2) is 0 Å². The highest BCUT2D eigenvalue weighted by Crippen LogP contribution is 2.26. The third-order valence-electron chi connectivity index (χ3n) is 1.53. The molecule has 0 aliphatic rings. The van der Waals surface area contributed by atoms with E-state index < -0.39 is 0 Å². The molecule has 0 aliphatic carbocycles. The van der Waals surface area contributed by atoms with Crippen molar-refractivity contribution >= 4 is 49.1 Å². The molecule has 2 rings (SSSR count). The van der Waals surface area contributed by atoms with Crippen molar-refractivity contribution in [2.75, 3.05) is 0 Å². The van der Waals surface area contributed by atoms with Crippen LogP contribution in [0.5, 0.6) is 0 Å². The second-order valence-electron chi connectivity index (χ2n) is 2.37. The average molecular weight is 263 g/mol. The zero-order chi connectivity index (χ0) is 8.55. The smallest absolute Gasteiger partial charge is 0.130 e. The molecule has 2 heterocycles. The highest BCUT2D eigenvalue weighted by Gasteiger charge is 2.01. The fourth-order valence-corrected chi connectivity index (χ4v) is 2.59. The van der Waals surface area contributed by atoms with Crippen LogP contribution >= 0.6 is 38.9 Å². The number of rotatable bonds is 1. The van der Waals surface area contributed by atoms with Crippen LogP contribution in [0.4, 0.5) is 0 Å². The lowest BCUT2D eigenvalue weighted by Crippen LogP contribution is -1.70. The second kappa shape index (κ2) is 3.32. The summed E-state index contributed by atoms with van der Waals surface area (Å²) in [6.45, 7) is 0. The number of hydrogen-bond donors (Lipinski definition) is 0. The van der Waals surface area contributed by atoms with Gasteiger partial charge in [0.2, 0.25) is 0 Å². The minimum atomic E-state index is 0.561. The molecule has 0 unspecified atom stereocenters. The number of aromatic nitrogens is 1. The largest absolute Gasteiger partial charge is 0.225 e. The SMILES string of the molecule is Clc1ccc2cc(CBr)sc2n1. The first-order valence-corrected chi connectivity index (χ1v) is 5.72. The summed E-state index contributed by atoms with van der Waals surface area (Å²) in [5, 5.41) is 2.61. The van der Waals surface area contributed by atoms with E-state index in [9.17, 15) is 0 Å². The van der Waals surface area contributed by atoms with E-state index >= 15 is 0 Å². The number of thiophene rings is 1. The Morgan fingerprint density at radius 3 is 3.08 bits per heavy atom. The maximum Gasteiger partial charge on any atom is 0.130 e. The van der Waals surface area contributed by atoms with Gasteiger partial charge in [0.05, 0.1) is 0 Å². The van der Waals surface area contributed by atoms with Gasteiger partial charge in [0.25, 0.3) is 0 Å². The van der Waals surface area contributed by atoms with Gasteiger partial charge in [-0.3, -0.25) is 0 Å². The molecule has 0 bridgehead atoms. The van der Waals surface area contributed by atoms with Crippen molar-refractivity contribution < 1.29 is 0 Å². The molecule has 0 aromatic carbocycles. The molecule has 2 aromatic rings. The number of hydrogen-bond acceptors (Lipinski definition) is 2. The number of nitrogens with zero attached hydrogens (tertiary/aromatic N) is 1. The van der Waals surface area contributed by atoms with E-state index in [1.165, 1.54) is 10.3 Å². The Morgan fingerprint density at radius 1 is 1.50 bits per heavy atom. The molecule has 1 nitrogen and oxygen atoms in total. The lowest BCUT2D eigenvalue weighted by Gasteiger charge is -1.87. The average Bonchev–Trinajstić information content (AvgIpc) is 2.46. The van der Waals surface area contributed by atoms with E-state index in [0.717, 1.165) is 10.2 Å². The van der Waals surface area contributed by atoms with Crippen LogP contribution in [0.2, 0.25) is 5.15 Å². The first kappa shape index (κ1) is 8.48. The van der Waals surface area contributed by atoms with Crippen molar-refractivity contribution in [1.82, 2.24) is 4.98 Å². The molecule has 0 saturated heterocycles. The Labute approximate surface area is 87.5 Å². The zero-order valence-corrected chi connectivity index (χ0v) is 9.21. The topological polar surface area (TPSA) is 12.9 Å². The molecule has 0 atom stereocenters. The third kappa shape index (κ3) is 1.49. The van der Waals surface area contributed by atoms with Crippen LogP contribution in [0, 0.1) is 0 Å². The van der Waals surface area contributed by atoms with Crippen LogP contribution in [-0.2, 0) is 5.33 Å². The van der Waals surface area contributed by atoms with Crippen molar-refractivity contribution in [2.24, 2.45) is 0 Å². The normalized spacial score (nSPS) is 10.8. The third-order valence-corrected chi connectivity index (χ3v) is 3.76. The fourth-order valence-electron chi connectivity index (χ4n) is 1.01. The van der Waals surface area contributed by atoms with Gasteiger partial charge in [-0.15, -0.1) is 11.3 Å². The van der Waals surface area contributed by atoms with Crippen LogP contribution in [0.1, 0.15) is 4.88 Å². The van der Waals surface area contributed by atoms with E-state index in [2.05, 4.69) is 27.0 Å². The van der Waals surface area contributed by atoms with E-state index in [4.69, 9.17) is 11.6 Å². The molecule has 0 radical (unpaired) electrons. The Hall–Kier alpha value is -0.120. The minimum absolute atomic E-state index is 0.561. The van der Waals surface area contributed by atoms with Crippen molar-refractivity contribution in [3.8, 4) is 0 Å². The van der Waals surface area contributed by atoms with E-state index in [1.54, 1.807) is 11.3 Å². The maximum absolute atomic E-state index is 5.75. The van der Waals surface area contributed by atoms with E-state index in [0.29, 0.717) is 5.15 Å². The monoisotopic (exact) mass is 261 g/mol. The molecule has 0 aliphatic heterocycles. The van der Waals surface area contributed by atoms with Gasteiger partial charge in [-0.25, -0.2) is 4.98 Å². The van der Waals surface area contributed by atoms with Crippen molar-refractivity contribution in [1.29, 1.82) is 0 Å². The zero-order valence-electron chi connectivity index (χ0n) is 6.05. The van der Waals surface area contributed by atoms with Gasteiger partial charge in [-0.2, -0.15) is 0 Å². The van der Waals surface area contributed by atoms with Crippen LogP contribution in [0.15, 0.2) is 18.2 Å². The quantitative estimate of drug-likeness (QED) is 0.562. The van der Waals surface area contributed by atoms with Crippen LogP contribution in [0.25, 0.3) is 10.2 Å². The van der Waals surface area contributed by atoms with Crippen LogP contribution in [0.3, 0.4) is 0 Å². The highest BCUT2D eigenvalue weighted by atomic mass is 79.9. The summed E-state index contributed by atoms with van der Waals surface area (Å²) in [5.41, 5.74) is 0. The summed E-state index contributed by atoms with van der Waals surface area (Å²) in [5.74, 6) is 0. The molecule has 12 heavy (non-hydrogen) atoms. The Bertz CT molecular complexity index is 412. The summed E-state index contributed by atoms with van der Waals surface area (Å²) in [4.78, 5) is 6.50. The Kier molecular flexibility index (Phi) is 2.35. The lowest BCUT2D eigenvalue weighted by molar-refractivity contribution is 1.44. The van der Waals surface area contributed by atoms with Gasteiger partial charge in [0.1, 0.15) is 9.98 Å².